The number of hydrogen-bond donors (Lipinski definition) is 1. The molecule has 5 heteroatoms. The van der Waals surface area contributed by atoms with Crippen LogP contribution in [0.4, 0.5) is 4.39 Å². The Hall–Kier alpha value is -3.21. The van der Waals surface area contributed by atoms with Crippen LogP contribution in [0.15, 0.2) is 66.9 Å². The van der Waals surface area contributed by atoms with Gasteiger partial charge in [0.2, 0.25) is 0 Å². The van der Waals surface area contributed by atoms with Crippen molar-refractivity contribution in [3.05, 3.63) is 83.9 Å². The van der Waals surface area contributed by atoms with Gasteiger partial charge >= 0.3 is 0 Å². The van der Waals surface area contributed by atoms with E-state index in [4.69, 9.17) is 4.74 Å². The van der Waals surface area contributed by atoms with Crippen molar-refractivity contribution in [2.24, 2.45) is 0 Å². The second-order valence-electron chi connectivity index (χ2n) is 5.80. The molecule has 0 saturated heterocycles. The largest absolute Gasteiger partial charge is 0.492 e. The molecule has 0 aliphatic heterocycles. The second-order valence-corrected chi connectivity index (χ2v) is 5.80. The normalized spacial score (nSPS) is 10.4. The zero-order valence-electron chi connectivity index (χ0n) is 14.4. The Bertz CT molecular complexity index is 877. The highest BCUT2D eigenvalue weighted by Crippen LogP contribution is 2.24. The van der Waals surface area contributed by atoms with Crippen molar-refractivity contribution < 1.29 is 13.9 Å². The van der Waals surface area contributed by atoms with Crippen LogP contribution in [0.2, 0.25) is 0 Å². The molecule has 2 aromatic carbocycles. The molecule has 26 heavy (non-hydrogen) atoms. The van der Waals surface area contributed by atoms with E-state index in [9.17, 15) is 9.18 Å². The Morgan fingerprint density at radius 3 is 2.54 bits per heavy atom. The summed E-state index contributed by atoms with van der Waals surface area (Å²) in [5.41, 5.74) is 2.72. The topological polar surface area (TPSA) is 51.2 Å². The van der Waals surface area contributed by atoms with Gasteiger partial charge in [-0.2, -0.15) is 0 Å². The average Bonchev–Trinajstić information content (AvgIpc) is 2.67. The van der Waals surface area contributed by atoms with Gasteiger partial charge in [-0.3, -0.25) is 9.78 Å². The Balaban J connectivity index is 1.49. The molecule has 0 atom stereocenters. The monoisotopic (exact) mass is 350 g/mol. The molecule has 0 fully saturated rings. The zero-order valence-corrected chi connectivity index (χ0v) is 14.4. The lowest BCUT2D eigenvalue weighted by Crippen LogP contribution is -2.28. The fraction of sp³-hybridized carbons (Fsp3) is 0.143. The van der Waals surface area contributed by atoms with Crippen LogP contribution in [-0.4, -0.2) is 24.0 Å². The molecule has 0 aliphatic rings. The molecular weight excluding hydrogens is 331 g/mol. The molecule has 0 radical (unpaired) electrons. The van der Waals surface area contributed by atoms with Crippen molar-refractivity contribution in [2.45, 2.75) is 6.92 Å². The van der Waals surface area contributed by atoms with Gasteiger partial charge in [-0.25, -0.2) is 4.39 Å². The Kier molecular flexibility index (Phi) is 5.59. The van der Waals surface area contributed by atoms with Crippen molar-refractivity contribution in [1.29, 1.82) is 0 Å². The van der Waals surface area contributed by atoms with Gasteiger partial charge in [-0.05, 0) is 42.8 Å². The van der Waals surface area contributed by atoms with Gasteiger partial charge in [0.05, 0.1) is 12.1 Å². The predicted molar refractivity (Wildman–Crippen MR) is 98.6 cm³/mol. The molecule has 3 aromatic rings. The van der Waals surface area contributed by atoms with E-state index in [0.29, 0.717) is 30.0 Å². The van der Waals surface area contributed by atoms with Gasteiger partial charge in [0, 0.05) is 17.5 Å². The molecule has 4 nitrogen and oxygen atoms in total. The second kappa shape index (κ2) is 8.25. The number of amides is 1. The smallest absolute Gasteiger partial charge is 0.252 e. The zero-order chi connectivity index (χ0) is 18.4. The first-order valence-electron chi connectivity index (χ1n) is 8.32. The van der Waals surface area contributed by atoms with E-state index in [1.54, 1.807) is 48.7 Å². The van der Waals surface area contributed by atoms with Crippen LogP contribution >= 0.6 is 0 Å². The summed E-state index contributed by atoms with van der Waals surface area (Å²) in [5, 5.41) is 2.78. The molecule has 1 heterocycles. The molecule has 1 N–H and O–H groups in total. The van der Waals surface area contributed by atoms with Crippen molar-refractivity contribution >= 4 is 5.91 Å². The number of nitrogens with one attached hydrogen (secondary N) is 1. The van der Waals surface area contributed by atoms with Gasteiger partial charge in [-0.1, -0.05) is 30.3 Å². The number of aryl methyl sites for hydroxylation is 1. The predicted octanol–water partition coefficient (Wildman–Crippen LogP) is 4.00. The summed E-state index contributed by atoms with van der Waals surface area (Å²) in [7, 11) is 0. The SMILES string of the molecule is Cc1ccc(C(=O)NCCOc2ccc(-c3ccccc3F)cc2)cn1. The number of pyridine rings is 1. The highest BCUT2D eigenvalue weighted by Gasteiger charge is 2.06. The molecule has 0 saturated carbocycles. The number of carbonyl (C=O) groups is 1. The lowest BCUT2D eigenvalue weighted by atomic mass is 10.1. The number of nitrogens with zero attached hydrogens (tertiary/aromatic N) is 1. The Morgan fingerprint density at radius 2 is 1.85 bits per heavy atom. The third-order valence-corrected chi connectivity index (χ3v) is 3.87. The number of halogens is 1. The maximum absolute atomic E-state index is 13.8. The van der Waals surface area contributed by atoms with Crippen molar-refractivity contribution in [1.82, 2.24) is 10.3 Å². The fourth-order valence-corrected chi connectivity index (χ4v) is 2.46. The van der Waals surface area contributed by atoms with Crippen LogP contribution < -0.4 is 10.1 Å². The summed E-state index contributed by atoms with van der Waals surface area (Å²) in [6.45, 7) is 2.58. The Morgan fingerprint density at radius 1 is 1.08 bits per heavy atom. The summed E-state index contributed by atoms with van der Waals surface area (Å²) >= 11 is 0. The van der Waals surface area contributed by atoms with E-state index >= 15 is 0 Å². The lowest BCUT2D eigenvalue weighted by Gasteiger charge is -2.09. The summed E-state index contributed by atoms with van der Waals surface area (Å²) < 4.78 is 19.4. The molecule has 0 aliphatic carbocycles. The van der Waals surface area contributed by atoms with Crippen LogP contribution in [0.1, 0.15) is 16.1 Å². The highest BCUT2D eigenvalue weighted by molar-refractivity contribution is 5.93. The summed E-state index contributed by atoms with van der Waals surface area (Å²) in [4.78, 5) is 16.1. The summed E-state index contributed by atoms with van der Waals surface area (Å²) in [6, 6.07) is 17.4. The quantitative estimate of drug-likeness (QED) is 0.684. The number of aromatic nitrogens is 1. The summed E-state index contributed by atoms with van der Waals surface area (Å²) in [6.07, 6.45) is 1.55. The molecule has 1 amide bonds. The maximum atomic E-state index is 13.8. The standard InChI is InChI=1S/C21H19FN2O2/c1-15-6-7-17(14-24-15)21(25)23-12-13-26-18-10-8-16(9-11-18)19-4-2-3-5-20(19)22/h2-11,14H,12-13H2,1H3,(H,23,25). The van der Waals surface area contributed by atoms with Gasteiger partial charge in [-0.15, -0.1) is 0 Å². The van der Waals surface area contributed by atoms with Crippen molar-refractivity contribution in [3.8, 4) is 16.9 Å². The molecule has 0 spiro atoms. The molecule has 0 bridgehead atoms. The van der Waals surface area contributed by atoms with E-state index in [2.05, 4.69) is 10.3 Å². The third-order valence-electron chi connectivity index (χ3n) is 3.87. The number of benzene rings is 2. The van der Waals surface area contributed by atoms with Gasteiger partial charge in [0.1, 0.15) is 18.2 Å². The van der Waals surface area contributed by atoms with Gasteiger partial charge < -0.3 is 10.1 Å². The van der Waals surface area contributed by atoms with Gasteiger partial charge in [0.25, 0.3) is 5.91 Å². The van der Waals surface area contributed by atoms with Crippen LogP contribution in [0, 0.1) is 12.7 Å². The van der Waals surface area contributed by atoms with Crippen LogP contribution in [-0.2, 0) is 0 Å². The van der Waals surface area contributed by atoms with E-state index in [1.807, 2.05) is 19.1 Å². The molecule has 0 unspecified atom stereocenters. The van der Waals surface area contributed by atoms with Gasteiger partial charge in [0.15, 0.2) is 0 Å². The highest BCUT2D eigenvalue weighted by atomic mass is 19.1. The van der Waals surface area contributed by atoms with E-state index in [0.717, 1.165) is 11.3 Å². The fourth-order valence-electron chi connectivity index (χ4n) is 2.46. The minimum atomic E-state index is -0.255. The third kappa shape index (κ3) is 4.45. The maximum Gasteiger partial charge on any atom is 0.252 e. The molecule has 3 rings (SSSR count). The van der Waals surface area contributed by atoms with Crippen LogP contribution in [0.25, 0.3) is 11.1 Å². The first-order chi connectivity index (χ1) is 12.6. The number of hydrogen-bond acceptors (Lipinski definition) is 3. The average molecular weight is 350 g/mol. The minimum Gasteiger partial charge on any atom is -0.492 e. The van der Waals surface area contributed by atoms with E-state index in [1.165, 1.54) is 6.07 Å². The van der Waals surface area contributed by atoms with Crippen molar-refractivity contribution in [3.63, 3.8) is 0 Å². The number of rotatable bonds is 6. The molecular formula is C21H19FN2O2. The number of ether oxygens (including phenoxy) is 1. The molecule has 1 aromatic heterocycles. The number of carbonyl (C=O) groups excluding carboxylic acids is 1. The van der Waals surface area contributed by atoms with Crippen molar-refractivity contribution in [2.75, 3.05) is 13.2 Å². The van der Waals surface area contributed by atoms with Crippen LogP contribution in [0.3, 0.4) is 0 Å². The molecule has 132 valence electrons. The lowest BCUT2D eigenvalue weighted by molar-refractivity contribution is 0.0946. The van der Waals surface area contributed by atoms with E-state index < -0.39 is 0 Å². The minimum absolute atomic E-state index is 0.184. The first-order valence-corrected chi connectivity index (χ1v) is 8.32. The summed E-state index contributed by atoms with van der Waals surface area (Å²) in [5.74, 6) is 0.224. The first kappa shape index (κ1) is 17.6. The van der Waals surface area contributed by atoms with E-state index in [-0.39, 0.29) is 11.7 Å². The van der Waals surface area contributed by atoms with Crippen LogP contribution in [0.5, 0.6) is 5.75 Å². The Labute approximate surface area is 151 Å².